The third-order valence-corrected chi connectivity index (χ3v) is 4.40. The van der Waals surface area contributed by atoms with Crippen molar-refractivity contribution in [2.45, 2.75) is 26.3 Å². The first-order valence-corrected chi connectivity index (χ1v) is 8.24. The van der Waals surface area contributed by atoms with Crippen molar-refractivity contribution >= 4 is 15.7 Å². The fourth-order valence-corrected chi connectivity index (χ4v) is 3.50. The van der Waals surface area contributed by atoms with E-state index >= 15 is 0 Å². The summed E-state index contributed by atoms with van der Waals surface area (Å²) in [5, 5.41) is 1.19. The van der Waals surface area contributed by atoms with Gasteiger partial charge in [-0.05, 0) is 26.0 Å². The first kappa shape index (κ1) is 14.7. The maximum Gasteiger partial charge on any atom is 0.232 e. The summed E-state index contributed by atoms with van der Waals surface area (Å²) in [7, 11) is -3.12. The van der Waals surface area contributed by atoms with Crippen molar-refractivity contribution in [3.8, 4) is 0 Å². The van der Waals surface area contributed by atoms with E-state index in [4.69, 9.17) is 0 Å². The average Bonchev–Trinajstić information content (AvgIpc) is 2.68. The predicted molar refractivity (Wildman–Crippen MR) is 76.8 cm³/mol. The molecular formula is C14H18N2O3S. The Labute approximate surface area is 118 Å². The van der Waals surface area contributed by atoms with Crippen LogP contribution in [0.15, 0.2) is 40.9 Å². The highest BCUT2D eigenvalue weighted by Gasteiger charge is 2.24. The minimum Gasteiger partial charge on any atom is -0.274 e. The van der Waals surface area contributed by atoms with Gasteiger partial charge in [-0.25, -0.2) is 8.42 Å². The molecule has 1 aliphatic heterocycles. The molecule has 0 spiro atoms. The van der Waals surface area contributed by atoms with Crippen LogP contribution in [0.5, 0.6) is 0 Å². The van der Waals surface area contributed by atoms with Gasteiger partial charge in [0, 0.05) is 30.0 Å². The molecule has 2 rings (SSSR count). The van der Waals surface area contributed by atoms with Crippen molar-refractivity contribution in [1.29, 1.82) is 0 Å². The summed E-state index contributed by atoms with van der Waals surface area (Å²) in [4.78, 5) is 16.7. The first-order chi connectivity index (χ1) is 9.37. The molecule has 108 valence electrons. The monoisotopic (exact) mass is 294 g/mol. The van der Waals surface area contributed by atoms with Gasteiger partial charge in [0.15, 0.2) is 9.84 Å². The zero-order valence-electron chi connectivity index (χ0n) is 11.6. The van der Waals surface area contributed by atoms with E-state index in [2.05, 4.69) is 4.99 Å². The topological polar surface area (TPSA) is 68.5 Å². The Balaban J connectivity index is 2.21. The maximum absolute atomic E-state index is 12.3. The molecule has 0 saturated heterocycles. The SMILES string of the molecule is CC(C)N=c1ccccn1C(=O)CC1C=CS(=O)(=O)C1. The van der Waals surface area contributed by atoms with Gasteiger partial charge in [0.25, 0.3) is 0 Å². The molecule has 0 aromatic carbocycles. The van der Waals surface area contributed by atoms with Gasteiger partial charge in [-0.2, -0.15) is 0 Å². The highest BCUT2D eigenvalue weighted by Crippen LogP contribution is 2.18. The molecule has 0 radical (unpaired) electrons. The molecule has 1 aromatic heterocycles. The van der Waals surface area contributed by atoms with E-state index in [1.165, 1.54) is 9.98 Å². The lowest BCUT2D eigenvalue weighted by Crippen LogP contribution is -2.29. The Morgan fingerprint density at radius 1 is 1.45 bits per heavy atom. The summed E-state index contributed by atoms with van der Waals surface area (Å²) in [6.07, 6.45) is 3.43. The molecule has 2 heterocycles. The van der Waals surface area contributed by atoms with Gasteiger partial charge in [0.1, 0.15) is 5.49 Å². The van der Waals surface area contributed by atoms with Gasteiger partial charge in [0.2, 0.25) is 5.91 Å². The molecule has 0 saturated carbocycles. The Hall–Kier alpha value is -1.69. The van der Waals surface area contributed by atoms with Crippen LogP contribution < -0.4 is 5.49 Å². The van der Waals surface area contributed by atoms with Crippen molar-refractivity contribution < 1.29 is 13.2 Å². The van der Waals surface area contributed by atoms with Gasteiger partial charge in [-0.15, -0.1) is 0 Å². The minimum atomic E-state index is -3.12. The van der Waals surface area contributed by atoms with Gasteiger partial charge < -0.3 is 0 Å². The Kier molecular flexibility index (Phi) is 4.23. The summed E-state index contributed by atoms with van der Waals surface area (Å²) >= 11 is 0. The molecule has 0 amide bonds. The normalized spacial score (nSPS) is 21.6. The number of rotatable bonds is 3. The number of sulfone groups is 1. The quantitative estimate of drug-likeness (QED) is 0.846. The van der Waals surface area contributed by atoms with Gasteiger partial charge in [0.05, 0.1) is 5.75 Å². The third kappa shape index (κ3) is 3.66. The molecule has 5 nitrogen and oxygen atoms in total. The van der Waals surface area contributed by atoms with E-state index in [0.717, 1.165) is 0 Å². The van der Waals surface area contributed by atoms with E-state index in [1.54, 1.807) is 24.4 Å². The molecule has 1 atom stereocenters. The Morgan fingerprint density at radius 3 is 2.80 bits per heavy atom. The smallest absolute Gasteiger partial charge is 0.232 e. The van der Waals surface area contributed by atoms with Gasteiger partial charge in [-0.3, -0.25) is 14.4 Å². The zero-order valence-corrected chi connectivity index (χ0v) is 12.4. The van der Waals surface area contributed by atoms with Crippen LogP contribution in [-0.4, -0.2) is 30.7 Å². The second-order valence-electron chi connectivity index (χ2n) is 5.17. The fourth-order valence-electron chi connectivity index (χ4n) is 2.10. The molecular weight excluding hydrogens is 276 g/mol. The molecule has 1 aliphatic rings. The van der Waals surface area contributed by atoms with Crippen molar-refractivity contribution in [3.05, 3.63) is 41.4 Å². The van der Waals surface area contributed by atoms with Crippen LogP contribution in [0, 0.1) is 5.92 Å². The average molecular weight is 294 g/mol. The fraction of sp³-hybridized carbons (Fsp3) is 0.429. The van der Waals surface area contributed by atoms with E-state index in [1.807, 2.05) is 19.9 Å². The van der Waals surface area contributed by atoms with Crippen molar-refractivity contribution in [1.82, 2.24) is 4.57 Å². The lowest BCUT2D eigenvalue weighted by molar-refractivity contribution is 0.0886. The Morgan fingerprint density at radius 2 is 2.20 bits per heavy atom. The number of carbonyl (C=O) groups excluding carboxylic acids is 1. The molecule has 0 N–H and O–H groups in total. The number of carbonyl (C=O) groups is 1. The van der Waals surface area contributed by atoms with Crippen LogP contribution in [0.25, 0.3) is 0 Å². The summed E-state index contributed by atoms with van der Waals surface area (Å²) in [5.74, 6) is -0.369. The van der Waals surface area contributed by atoms with E-state index < -0.39 is 9.84 Å². The zero-order chi connectivity index (χ0) is 14.8. The lowest BCUT2D eigenvalue weighted by Gasteiger charge is -2.09. The third-order valence-electron chi connectivity index (χ3n) is 2.94. The molecule has 20 heavy (non-hydrogen) atoms. The van der Waals surface area contributed by atoms with Crippen molar-refractivity contribution in [3.63, 3.8) is 0 Å². The molecule has 0 fully saturated rings. The van der Waals surface area contributed by atoms with Crippen LogP contribution >= 0.6 is 0 Å². The van der Waals surface area contributed by atoms with E-state index in [-0.39, 0.29) is 30.0 Å². The van der Waals surface area contributed by atoms with Crippen LogP contribution in [0.1, 0.15) is 25.1 Å². The second kappa shape index (κ2) is 5.75. The van der Waals surface area contributed by atoms with Crippen LogP contribution in [0.2, 0.25) is 0 Å². The summed E-state index contributed by atoms with van der Waals surface area (Å²) in [5.41, 5.74) is 0.595. The van der Waals surface area contributed by atoms with E-state index in [0.29, 0.717) is 5.49 Å². The molecule has 1 aromatic rings. The molecule has 0 bridgehead atoms. The maximum atomic E-state index is 12.3. The van der Waals surface area contributed by atoms with Crippen molar-refractivity contribution in [2.24, 2.45) is 10.9 Å². The second-order valence-corrected chi connectivity index (χ2v) is 7.10. The summed E-state index contributed by atoms with van der Waals surface area (Å²) in [6.45, 7) is 3.88. The van der Waals surface area contributed by atoms with Crippen LogP contribution in [0.4, 0.5) is 0 Å². The van der Waals surface area contributed by atoms with E-state index in [9.17, 15) is 13.2 Å². The predicted octanol–water partition coefficient (Wildman–Crippen LogP) is 1.39. The molecule has 1 unspecified atom stereocenters. The minimum absolute atomic E-state index is 0.0167. The number of hydrogen-bond donors (Lipinski definition) is 0. The van der Waals surface area contributed by atoms with Crippen molar-refractivity contribution in [2.75, 3.05) is 5.75 Å². The number of hydrogen-bond acceptors (Lipinski definition) is 4. The number of aromatic nitrogens is 1. The molecule has 0 aliphatic carbocycles. The van der Waals surface area contributed by atoms with Crippen LogP contribution in [0.3, 0.4) is 0 Å². The standard InChI is InChI=1S/C14H18N2O3S/c1-11(2)15-13-5-3-4-7-16(13)14(17)9-12-6-8-20(18,19)10-12/h3-8,11-12H,9-10H2,1-2H3. The highest BCUT2D eigenvalue weighted by molar-refractivity contribution is 7.94. The summed E-state index contributed by atoms with van der Waals surface area (Å²) < 4.78 is 24.2. The largest absolute Gasteiger partial charge is 0.274 e. The van der Waals surface area contributed by atoms with Gasteiger partial charge >= 0.3 is 0 Å². The number of pyridine rings is 1. The van der Waals surface area contributed by atoms with Gasteiger partial charge in [-0.1, -0.05) is 12.1 Å². The summed E-state index contributed by atoms with van der Waals surface area (Å²) in [6, 6.07) is 5.45. The number of nitrogens with zero attached hydrogens (tertiary/aromatic N) is 2. The first-order valence-electron chi connectivity index (χ1n) is 6.53. The van der Waals surface area contributed by atoms with Crippen LogP contribution in [-0.2, 0) is 9.84 Å². The Bertz CT molecular complexity index is 699. The highest BCUT2D eigenvalue weighted by atomic mass is 32.2. The lowest BCUT2D eigenvalue weighted by atomic mass is 10.1. The number of allylic oxidation sites excluding steroid dienone is 1. The molecule has 6 heteroatoms.